The van der Waals surface area contributed by atoms with Gasteiger partial charge in [0.2, 0.25) is 0 Å². The van der Waals surface area contributed by atoms with E-state index in [4.69, 9.17) is 6.11 Å². The van der Waals surface area contributed by atoms with Crippen LogP contribution in [0.1, 0.15) is 28.5 Å². The Bertz CT molecular complexity index is 429. The number of alkyl carbamates (subject to hydrolysis) is 1. The smallest absolute Gasteiger partial charge is 0.408 e. The average Bonchev–Trinajstić information content (AvgIpc) is 2.39. The fourth-order valence-corrected chi connectivity index (χ4v) is 1.13. The Labute approximate surface area is 119 Å². The maximum Gasteiger partial charge on any atom is 0.408 e. The fraction of sp³-hybridized carbons (Fsp3) is 0.615. The van der Waals surface area contributed by atoms with Crippen LogP contribution in [0.15, 0.2) is 12.2 Å². The number of carbonyl (C=O) groups is 3. The normalized spacial score (nSPS) is 14.3. The van der Waals surface area contributed by atoms with Gasteiger partial charge in [-0.3, -0.25) is 0 Å². The lowest BCUT2D eigenvalue weighted by molar-refractivity contribution is -0.143. The molecule has 0 radical (unpaired) electrons. The molecule has 7 heteroatoms. The molecule has 20 heavy (non-hydrogen) atoms. The van der Waals surface area contributed by atoms with Crippen LogP contribution in [-0.2, 0) is 23.8 Å². The molecule has 0 aliphatic carbocycles. The molecule has 0 fully saturated rings. The second-order valence-electron chi connectivity index (χ2n) is 4.83. The molecule has 0 aliphatic heterocycles. The highest BCUT2D eigenvalue weighted by Crippen LogP contribution is 2.10. The van der Waals surface area contributed by atoms with Crippen LogP contribution in [0.5, 0.6) is 0 Å². The molecule has 1 N–H and O–H groups in total. The molecule has 0 aromatic heterocycles. The van der Waals surface area contributed by atoms with E-state index in [9.17, 15) is 14.4 Å². The molecular formula is C13H21NO6. The van der Waals surface area contributed by atoms with E-state index in [1.807, 2.05) is 0 Å². The zero-order chi connectivity index (χ0) is 16.8. The molecular weight excluding hydrogens is 266 g/mol. The van der Waals surface area contributed by atoms with Crippen LogP contribution >= 0.6 is 0 Å². The van der Waals surface area contributed by atoms with Gasteiger partial charge in [-0.15, -0.1) is 0 Å². The molecule has 0 aromatic carbocycles. The average molecular weight is 288 g/mol. The summed E-state index contributed by atoms with van der Waals surface area (Å²) in [6.07, 6.45) is -2.37. The van der Waals surface area contributed by atoms with Crippen LogP contribution in [0.4, 0.5) is 4.79 Å². The lowest BCUT2D eigenvalue weighted by Crippen LogP contribution is -2.44. The van der Waals surface area contributed by atoms with Crippen molar-refractivity contribution in [1.29, 1.82) is 0 Å². The summed E-state index contributed by atoms with van der Waals surface area (Å²) in [7, 11) is 2.22. The van der Waals surface area contributed by atoms with E-state index in [1.54, 1.807) is 20.8 Å². The number of carbonyl (C=O) groups excluding carboxylic acids is 3. The minimum atomic E-state index is -1.46. The van der Waals surface area contributed by atoms with E-state index in [0.29, 0.717) is 0 Å². The highest BCUT2D eigenvalue weighted by atomic mass is 16.6. The second-order valence-corrected chi connectivity index (χ2v) is 4.83. The van der Waals surface area contributed by atoms with Gasteiger partial charge in [-0.25, -0.2) is 14.4 Å². The topological polar surface area (TPSA) is 90.9 Å². The molecule has 0 unspecified atom stereocenters. The van der Waals surface area contributed by atoms with E-state index < -0.39 is 36.1 Å². The zero-order valence-electron chi connectivity index (χ0n) is 13.3. The minimum absolute atomic E-state index is 0.288. The van der Waals surface area contributed by atoms with E-state index >= 15 is 0 Å². The Hall–Kier alpha value is -2.05. The van der Waals surface area contributed by atoms with Crippen molar-refractivity contribution in [3.05, 3.63) is 12.2 Å². The molecule has 114 valence electrons. The van der Waals surface area contributed by atoms with Gasteiger partial charge in [0.15, 0.2) is 0 Å². The molecule has 0 spiro atoms. The first-order valence-corrected chi connectivity index (χ1v) is 5.80. The van der Waals surface area contributed by atoms with Gasteiger partial charge in [-0.1, -0.05) is 6.58 Å². The summed E-state index contributed by atoms with van der Waals surface area (Å²) in [5.74, 6) is -1.75. The summed E-state index contributed by atoms with van der Waals surface area (Å²) in [6, 6.07) is -1.43. The molecule has 0 saturated heterocycles. The number of rotatable bonds is 5. The standard InChI is InChI=1S/C13H21NO6/c1-8(10(15)18-5)7-9(11(16)19-6)14-12(17)20-13(2,3)4/h9H,1,7H2,2-6H3,(H,14,17)/t9-/m0/s1/i7D/t7-,9-. The monoisotopic (exact) mass is 288 g/mol. The Morgan fingerprint density at radius 1 is 1.25 bits per heavy atom. The van der Waals surface area contributed by atoms with Gasteiger partial charge >= 0.3 is 18.0 Å². The van der Waals surface area contributed by atoms with Crippen molar-refractivity contribution >= 4 is 18.0 Å². The van der Waals surface area contributed by atoms with Crippen molar-refractivity contribution in [3.63, 3.8) is 0 Å². The number of amides is 1. The van der Waals surface area contributed by atoms with Gasteiger partial charge in [-0.2, -0.15) is 0 Å². The van der Waals surface area contributed by atoms with Crippen molar-refractivity contribution in [2.45, 2.75) is 38.8 Å². The molecule has 0 bridgehead atoms. The molecule has 0 aliphatic rings. The Kier molecular flexibility index (Phi) is 6.02. The summed E-state index contributed by atoms with van der Waals surface area (Å²) in [5.41, 5.74) is -1.06. The SMILES string of the molecule is [2H][C@@H](C(=C)C(=O)OC)[C@H](NC(=O)OC(C)(C)C)C(=O)OC. The van der Waals surface area contributed by atoms with Gasteiger partial charge < -0.3 is 19.5 Å². The summed E-state index contributed by atoms with van der Waals surface area (Å²) in [5, 5.41) is 2.19. The molecule has 0 rings (SSSR count). The number of ether oxygens (including phenoxy) is 3. The lowest BCUT2D eigenvalue weighted by Gasteiger charge is -2.22. The van der Waals surface area contributed by atoms with Crippen molar-refractivity contribution < 1.29 is 30.0 Å². The van der Waals surface area contributed by atoms with Crippen LogP contribution in [0, 0.1) is 0 Å². The summed E-state index contributed by atoms with van der Waals surface area (Å²) < 4.78 is 21.8. The summed E-state index contributed by atoms with van der Waals surface area (Å²) in [6.45, 7) is 8.32. The van der Waals surface area contributed by atoms with Crippen molar-refractivity contribution in [3.8, 4) is 0 Å². The van der Waals surface area contributed by atoms with E-state index in [2.05, 4.69) is 21.4 Å². The lowest BCUT2D eigenvalue weighted by atomic mass is 10.1. The third-order valence-electron chi connectivity index (χ3n) is 1.94. The predicted molar refractivity (Wildman–Crippen MR) is 70.9 cm³/mol. The quantitative estimate of drug-likeness (QED) is 0.464. The maximum atomic E-state index is 11.7. The Morgan fingerprint density at radius 3 is 2.20 bits per heavy atom. The molecule has 0 saturated carbocycles. The molecule has 7 nitrogen and oxygen atoms in total. The van der Waals surface area contributed by atoms with E-state index in [-0.39, 0.29) is 5.57 Å². The van der Waals surface area contributed by atoms with E-state index in [0.717, 1.165) is 14.2 Å². The molecule has 0 aromatic rings. The van der Waals surface area contributed by atoms with Gasteiger partial charge in [0.1, 0.15) is 11.6 Å². The fourth-order valence-electron chi connectivity index (χ4n) is 1.13. The van der Waals surface area contributed by atoms with Crippen LogP contribution in [0.2, 0.25) is 0 Å². The molecule has 1 amide bonds. The van der Waals surface area contributed by atoms with Crippen LogP contribution in [0.25, 0.3) is 0 Å². The van der Waals surface area contributed by atoms with Crippen molar-refractivity contribution in [2.75, 3.05) is 14.2 Å². The zero-order valence-corrected chi connectivity index (χ0v) is 12.3. The van der Waals surface area contributed by atoms with Gasteiger partial charge in [0.25, 0.3) is 0 Å². The summed E-state index contributed by atoms with van der Waals surface area (Å²) in [4.78, 5) is 34.7. The third-order valence-corrected chi connectivity index (χ3v) is 1.94. The number of methoxy groups -OCH3 is 2. The molecule has 0 heterocycles. The van der Waals surface area contributed by atoms with Crippen LogP contribution in [-0.4, -0.2) is 43.9 Å². The van der Waals surface area contributed by atoms with Crippen molar-refractivity contribution in [1.82, 2.24) is 5.32 Å². The second kappa shape index (κ2) is 7.52. The minimum Gasteiger partial charge on any atom is -0.467 e. The van der Waals surface area contributed by atoms with Crippen LogP contribution < -0.4 is 5.32 Å². The van der Waals surface area contributed by atoms with Gasteiger partial charge in [0.05, 0.1) is 14.2 Å². The highest BCUT2D eigenvalue weighted by Gasteiger charge is 2.27. The first-order valence-electron chi connectivity index (χ1n) is 6.38. The van der Waals surface area contributed by atoms with Gasteiger partial charge in [0, 0.05) is 13.3 Å². The first kappa shape index (κ1) is 16.0. The first-order chi connectivity index (χ1) is 9.53. The number of hydrogen-bond acceptors (Lipinski definition) is 6. The predicted octanol–water partition coefficient (Wildman–Crippen LogP) is 1.17. The number of nitrogens with one attached hydrogen (secondary N) is 1. The Balaban J connectivity index is 5.05. The Morgan fingerprint density at radius 2 is 1.80 bits per heavy atom. The maximum absolute atomic E-state index is 11.7. The number of esters is 2. The summed E-state index contributed by atoms with van der Waals surface area (Å²) >= 11 is 0. The van der Waals surface area contributed by atoms with Gasteiger partial charge in [-0.05, 0) is 20.8 Å². The van der Waals surface area contributed by atoms with Crippen molar-refractivity contribution in [2.24, 2.45) is 0 Å². The van der Waals surface area contributed by atoms with E-state index in [1.165, 1.54) is 0 Å². The molecule has 2 atom stereocenters. The largest absolute Gasteiger partial charge is 0.467 e. The third kappa shape index (κ3) is 6.77. The van der Waals surface area contributed by atoms with Crippen LogP contribution in [0.3, 0.4) is 0 Å². The number of hydrogen-bond donors (Lipinski definition) is 1. The highest BCUT2D eigenvalue weighted by molar-refractivity contribution is 5.90.